The lowest BCUT2D eigenvalue weighted by atomic mass is 10.1. The first-order valence-corrected chi connectivity index (χ1v) is 10.0. The Hall–Kier alpha value is -3.34. The molecular formula is C17H17N5O5S. The molecule has 2 aromatic heterocycles. The minimum absolute atomic E-state index is 0.200. The number of benzene rings is 1. The largest absolute Gasteiger partial charge is 0.448 e. The lowest BCUT2D eigenvalue weighted by Gasteiger charge is -2.11. The number of esters is 1. The molecule has 1 N–H and O–H groups in total. The molecule has 0 fully saturated rings. The fourth-order valence-corrected chi connectivity index (χ4v) is 2.98. The molecular weight excluding hydrogens is 386 g/mol. The number of carbonyl (C=O) groups excluding carboxylic acids is 2. The Morgan fingerprint density at radius 1 is 1.18 bits per heavy atom. The number of fused-ring (bicyclic) bond motifs is 1. The monoisotopic (exact) mass is 403 g/mol. The van der Waals surface area contributed by atoms with Gasteiger partial charge in [-0.1, -0.05) is 0 Å². The van der Waals surface area contributed by atoms with Gasteiger partial charge in [-0.05, 0) is 44.2 Å². The van der Waals surface area contributed by atoms with Crippen molar-refractivity contribution in [1.29, 1.82) is 0 Å². The van der Waals surface area contributed by atoms with Crippen molar-refractivity contribution in [2.75, 3.05) is 11.0 Å². The Balaban J connectivity index is 1.70. The zero-order chi connectivity index (χ0) is 20.5. The molecule has 0 spiro atoms. The van der Waals surface area contributed by atoms with E-state index < -0.39 is 27.9 Å². The van der Waals surface area contributed by atoms with Crippen LogP contribution in [0, 0.1) is 6.92 Å². The fraction of sp³-hybridized carbons (Fsp3) is 0.235. The van der Waals surface area contributed by atoms with Crippen LogP contribution < -0.4 is 4.72 Å². The number of hydrogen-bond acceptors (Lipinski definition) is 8. The van der Waals surface area contributed by atoms with E-state index in [1.54, 1.807) is 19.2 Å². The van der Waals surface area contributed by atoms with Crippen LogP contribution in [0.4, 0.5) is 5.69 Å². The van der Waals surface area contributed by atoms with Crippen LogP contribution in [0.15, 0.2) is 36.5 Å². The lowest BCUT2D eigenvalue weighted by molar-refractivity contribution is 0.0307. The number of ketones is 1. The summed E-state index contributed by atoms with van der Waals surface area (Å²) < 4.78 is 31.3. The van der Waals surface area contributed by atoms with Crippen molar-refractivity contribution in [2.24, 2.45) is 0 Å². The Labute approximate surface area is 160 Å². The van der Waals surface area contributed by atoms with Crippen molar-refractivity contribution < 1.29 is 22.7 Å². The minimum Gasteiger partial charge on any atom is -0.448 e. The maximum atomic E-state index is 12.5. The summed E-state index contributed by atoms with van der Waals surface area (Å²) in [7, 11) is -3.41. The first-order valence-electron chi connectivity index (χ1n) is 8.15. The molecule has 0 saturated carbocycles. The zero-order valence-electron chi connectivity index (χ0n) is 15.3. The van der Waals surface area contributed by atoms with E-state index in [2.05, 4.69) is 19.8 Å². The van der Waals surface area contributed by atoms with Gasteiger partial charge >= 0.3 is 5.97 Å². The van der Waals surface area contributed by atoms with Crippen LogP contribution in [0.3, 0.4) is 0 Å². The lowest BCUT2D eigenvalue weighted by Crippen LogP contribution is -2.25. The predicted molar refractivity (Wildman–Crippen MR) is 99.6 cm³/mol. The van der Waals surface area contributed by atoms with E-state index in [9.17, 15) is 18.0 Å². The van der Waals surface area contributed by atoms with Gasteiger partial charge < -0.3 is 4.74 Å². The summed E-state index contributed by atoms with van der Waals surface area (Å²) in [6, 6.07) is 7.49. The van der Waals surface area contributed by atoms with Gasteiger partial charge in [-0.25, -0.2) is 22.7 Å². The molecule has 3 rings (SSSR count). The average molecular weight is 403 g/mol. The molecule has 1 atom stereocenters. The number of hydrogen-bond donors (Lipinski definition) is 1. The van der Waals surface area contributed by atoms with Gasteiger partial charge in [0.1, 0.15) is 0 Å². The highest BCUT2D eigenvalue weighted by Crippen LogP contribution is 2.14. The standard InChI is InChI=1S/C17H17N5O5S/c1-10-8-9-18-17-19-15(20-22(10)17)16(24)27-11(2)14(23)12-4-6-13(7-5-12)21-28(3,25)26/h4-9,11,21H,1-3H3/t11-/m0/s1. The molecule has 0 radical (unpaired) electrons. The molecule has 3 aromatic rings. The topological polar surface area (TPSA) is 133 Å². The third-order valence-corrected chi connectivity index (χ3v) is 4.34. The molecule has 0 aliphatic rings. The Morgan fingerprint density at radius 3 is 2.46 bits per heavy atom. The molecule has 0 bridgehead atoms. The number of rotatable bonds is 6. The number of sulfonamides is 1. The molecule has 0 aliphatic heterocycles. The van der Waals surface area contributed by atoms with Crippen molar-refractivity contribution >= 4 is 33.2 Å². The van der Waals surface area contributed by atoms with Gasteiger partial charge in [0.25, 0.3) is 11.6 Å². The smallest absolute Gasteiger partial charge is 0.379 e. The van der Waals surface area contributed by atoms with Crippen molar-refractivity contribution in [3.05, 3.63) is 53.6 Å². The molecule has 10 nitrogen and oxygen atoms in total. The second-order valence-corrected chi connectivity index (χ2v) is 7.85. The third kappa shape index (κ3) is 4.31. The average Bonchev–Trinajstić information content (AvgIpc) is 3.06. The zero-order valence-corrected chi connectivity index (χ0v) is 16.1. The number of anilines is 1. The summed E-state index contributed by atoms with van der Waals surface area (Å²) in [5.41, 5.74) is 1.32. The van der Waals surface area contributed by atoms with E-state index in [0.717, 1.165) is 11.9 Å². The summed E-state index contributed by atoms with van der Waals surface area (Å²) in [6.07, 6.45) is 1.49. The fourth-order valence-electron chi connectivity index (χ4n) is 2.41. The van der Waals surface area contributed by atoms with Crippen LogP contribution in [-0.4, -0.2) is 52.1 Å². The van der Waals surface area contributed by atoms with Crippen molar-refractivity contribution in [3.63, 3.8) is 0 Å². The number of carbonyl (C=O) groups is 2. The van der Waals surface area contributed by atoms with E-state index in [1.807, 2.05) is 0 Å². The normalized spacial score (nSPS) is 12.5. The summed E-state index contributed by atoms with van der Waals surface area (Å²) in [4.78, 5) is 32.7. The summed E-state index contributed by atoms with van der Waals surface area (Å²) in [6.45, 7) is 3.22. The summed E-state index contributed by atoms with van der Waals surface area (Å²) in [5.74, 6) is -1.24. The molecule has 0 aliphatic carbocycles. The van der Waals surface area contributed by atoms with E-state index >= 15 is 0 Å². The molecule has 146 valence electrons. The van der Waals surface area contributed by atoms with Crippen LogP contribution >= 0.6 is 0 Å². The quantitative estimate of drug-likeness (QED) is 0.480. The van der Waals surface area contributed by atoms with E-state index in [4.69, 9.17) is 4.74 Å². The van der Waals surface area contributed by atoms with Gasteiger partial charge in [0.05, 0.1) is 6.26 Å². The molecule has 1 aromatic carbocycles. The number of Topliss-reactive ketones (excluding diaryl/α,β-unsaturated/α-hetero) is 1. The molecule has 2 heterocycles. The van der Waals surface area contributed by atoms with E-state index in [1.165, 1.54) is 35.7 Å². The van der Waals surface area contributed by atoms with Gasteiger partial charge in [0.15, 0.2) is 6.10 Å². The molecule has 0 saturated heterocycles. The van der Waals surface area contributed by atoms with Crippen LogP contribution in [0.5, 0.6) is 0 Å². The molecule has 28 heavy (non-hydrogen) atoms. The maximum absolute atomic E-state index is 12.5. The van der Waals surface area contributed by atoms with Crippen molar-refractivity contribution in [3.8, 4) is 0 Å². The number of nitrogens with one attached hydrogen (secondary N) is 1. The first kappa shape index (κ1) is 19.4. The van der Waals surface area contributed by atoms with Crippen LogP contribution in [0.25, 0.3) is 5.78 Å². The van der Waals surface area contributed by atoms with Crippen molar-refractivity contribution in [2.45, 2.75) is 20.0 Å². The number of aromatic nitrogens is 4. The van der Waals surface area contributed by atoms with Gasteiger partial charge in [0, 0.05) is 23.1 Å². The second-order valence-electron chi connectivity index (χ2n) is 6.10. The van der Waals surface area contributed by atoms with Crippen LogP contribution in [-0.2, 0) is 14.8 Å². The SMILES string of the molecule is Cc1ccnc2nc(C(=O)O[C@@H](C)C(=O)c3ccc(NS(C)(=O)=O)cc3)nn12. The van der Waals surface area contributed by atoms with Gasteiger partial charge in [0.2, 0.25) is 15.8 Å². The van der Waals surface area contributed by atoms with Gasteiger partial charge in [-0.15, -0.1) is 5.10 Å². The Bertz CT molecular complexity index is 1150. The Kier molecular flexibility index (Phi) is 5.10. The summed E-state index contributed by atoms with van der Waals surface area (Å²) >= 11 is 0. The summed E-state index contributed by atoms with van der Waals surface area (Å²) in [5, 5.41) is 4.04. The molecule has 0 amide bonds. The number of ether oxygens (including phenoxy) is 1. The van der Waals surface area contributed by atoms with Gasteiger partial charge in [-0.2, -0.15) is 4.98 Å². The van der Waals surface area contributed by atoms with Crippen LogP contribution in [0.2, 0.25) is 0 Å². The molecule has 11 heteroatoms. The van der Waals surface area contributed by atoms with Crippen LogP contribution in [0.1, 0.15) is 33.6 Å². The minimum atomic E-state index is -3.41. The highest BCUT2D eigenvalue weighted by Gasteiger charge is 2.23. The highest BCUT2D eigenvalue weighted by atomic mass is 32.2. The number of nitrogens with zero attached hydrogens (tertiary/aromatic N) is 4. The first-order chi connectivity index (χ1) is 13.1. The van der Waals surface area contributed by atoms with E-state index in [0.29, 0.717) is 5.69 Å². The second kappa shape index (κ2) is 7.35. The van der Waals surface area contributed by atoms with Gasteiger partial charge in [-0.3, -0.25) is 9.52 Å². The Morgan fingerprint density at radius 2 is 1.86 bits per heavy atom. The molecule has 0 unspecified atom stereocenters. The van der Waals surface area contributed by atoms with E-state index in [-0.39, 0.29) is 17.2 Å². The highest BCUT2D eigenvalue weighted by molar-refractivity contribution is 7.92. The number of aryl methyl sites for hydroxylation is 1. The third-order valence-electron chi connectivity index (χ3n) is 3.74. The maximum Gasteiger partial charge on any atom is 0.379 e. The van der Waals surface area contributed by atoms with Crippen molar-refractivity contribution in [1.82, 2.24) is 19.6 Å². The predicted octanol–water partition coefficient (Wildman–Crippen LogP) is 1.23.